The van der Waals surface area contributed by atoms with E-state index in [9.17, 15) is 0 Å². The van der Waals surface area contributed by atoms with Gasteiger partial charge in [-0.3, -0.25) is 9.97 Å². The predicted octanol–water partition coefficient (Wildman–Crippen LogP) is 4.58. The molecule has 0 saturated heterocycles. The second kappa shape index (κ2) is 6.69. The van der Waals surface area contributed by atoms with Gasteiger partial charge in [-0.2, -0.15) is 0 Å². The van der Waals surface area contributed by atoms with Crippen LogP contribution in [0, 0.1) is 0 Å². The van der Waals surface area contributed by atoms with Crippen LogP contribution in [0.4, 0.5) is 5.69 Å². The standard InChI is InChI=1S/C20H29N3/c1-19(2,3)17-8-7-9-18(22-17)20(4,5)12-15-23(6)16-10-13-21-14-11-16/h7-11,13-14H,12,15H2,1-6H3. The Labute approximate surface area is 140 Å². The zero-order chi connectivity index (χ0) is 17.1. The number of hydrogen-bond acceptors (Lipinski definition) is 3. The molecule has 0 aliphatic heterocycles. The van der Waals surface area contributed by atoms with Crippen molar-refractivity contribution < 1.29 is 0 Å². The number of anilines is 1. The lowest BCUT2D eigenvalue weighted by Gasteiger charge is -2.29. The van der Waals surface area contributed by atoms with Crippen LogP contribution in [0.2, 0.25) is 0 Å². The average molecular weight is 311 g/mol. The van der Waals surface area contributed by atoms with Crippen LogP contribution in [0.5, 0.6) is 0 Å². The molecule has 124 valence electrons. The highest BCUT2D eigenvalue weighted by atomic mass is 15.1. The molecule has 0 radical (unpaired) electrons. The minimum absolute atomic E-state index is 0.0442. The Bertz CT molecular complexity index is 627. The first-order chi connectivity index (χ1) is 10.7. The zero-order valence-electron chi connectivity index (χ0n) is 15.3. The summed E-state index contributed by atoms with van der Waals surface area (Å²) >= 11 is 0. The molecule has 0 saturated carbocycles. The molecule has 0 amide bonds. The molecular formula is C20H29N3. The number of nitrogens with zero attached hydrogens (tertiary/aromatic N) is 3. The highest BCUT2D eigenvalue weighted by Crippen LogP contribution is 2.29. The lowest BCUT2D eigenvalue weighted by atomic mass is 9.83. The van der Waals surface area contributed by atoms with Crippen LogP contribution in [0.25, 0.3) is 0 Å². The van der Waals surface area contributed by atoms with Gasteiger partial charge in [-0.25, -0.2) is 0 Å². The van der Waals surface area contributed by atoms with E-state index >= 15 is 0 Å². The fourth-order valence-electron chi connectivity index (χ4n) is 2.53. The lowest BCUT2D eigenvalue weighted by Crippen LogP contribution is -2.28. The van der Waals surface area contributed by atoms with Crippen molar-refractivity contribution in [1.82, 2.24) is 9.97 Å². The van der Waals surface area contributed by atoms with Gasteiger partial charge in [0, 0.05) is 53.9 Å². The molecule has 0 bridgehead atoms. The normalized spacial score (nSPS) is 12.3. The second-order valence-corrected chi connectivity index (χ2v) is 7.92. The van der Waals surface area contributed by atoms with Gasteiger partial charge in [-0.05, 0) is 30.7 Å². The van der Waals surface area contributed by atoms with Gasteiger partial charge in [0.05, 0.1) is 0 Å². The summed E-state index contributed by atoms with van der Waals surface area (Å²) in [5.74, 6) is 0. The summed E-state index contributed by atoms with van der Waals surface area (Å²) in [6.45, 7) is 12.2. The SMILES string of the molecule is CN(CCC(C)(C)c1cccc(C(C)(C)C)n1)c1ccncc1. The monoisotopic (exact) mass is 311 g/mol. The molecule has 0 aliphatic carbocycles. The summed E-state index contributed by atoms with van der Waals surface area (Å²) in [6, 6.07) is 10.5. The van der Waals surface area contributed by atoms with Crippen LogP contribution < -0.4 is 4.90 Å². The Kier molecular flexibility index (Phi) is 5.08. The molecule has 0 N–H and O–H groups in total. The fraction of sp³-hybridized carbons (Fsp3) is 0.500. The third-order valence-corrected chi connectivity index (χ3v) is 4.39. The van der Waals surface area contributed by atoms with Crippen molar-refractivity contribution in [2.75, 3.05) is 18.5 Å². The van der Waals surface area contributed by atoms with Crippen LogP contribution in [-0.4, -0.2) is 23.6 Å². The topological polar surface area (TPSA) is 29.0 Å². The third kappa shape index (κ3) is 4.54. The van der Waals surface area contributed by atoms with Crippen molar-refractivity contribution in [2.45, 2.75) is 51.9 Å². The van der Waals surface area contributed by atoms with E-state index < -0.39 is 0 Å². The molecule has 2 aromatic heterocycles. The fourth-order valence-corrected chi connectivity index (χ4v) is 2.53. The predicted molar refractivity (Wildman–Crippen MR) is 98.1 cm³/mol. The summed E-state index contributed by atoms with van der Waals surface area (Å²) in [4.78, 5) is 11.3. The molecule has 0 atom stereocenters. The minimum atomic E-state index is 0.0442. The van der Waals surface area contributed by atoms with Gasteiger partial charge in [0.15, 0.2) is 0 Å². The van der Waals surface area contributed by atoms with E-state index in [0.717, 1.165) is 18.7 Å². The largest absolute Gasteiger partial charge is 0.374 e. The van der Waals surface area contributed by atoms with Gasteiger partial charge in [0.1, 0.15) is 0 Å². The maximum Gasteiger partial charge on any atom is 0.0464 e. The second-order valence-electron chi connectivity index (χ2n) is 7.92. The summed E-state index contributed by atoms with van der Waals surface area (Å²) in [5.41, 5.74) is 3.66. The molecule has 2 heterocycles. The van der Waals surface area contributed by atoms with Crippen LogP contribution in [0.1, 0.15) is 52.4 Å². The molecule has 2 aromatic rings. The maximum atomic E-state index is 4.94. The summed E-state index contributed by atoms with van der Waals surface area (Å²) in [6.07, 6.45) is 4.73. The van der Waals surface area contributed by atoms with Gasteiger partial charge in [0.25, 0.3) is 0 Å². The van der Waals surface area contributed by atoms with Crippen molar-refractivity contribution >= 4 is 5.69 Å². The first kappa shape index (κ1) is 17.5. The average Bonchev–Trinajstić information content (AvgIpc) is 2.53. The molecule has 0 aliphatic rings. The molecule has 0 fully saturated rings. The number of pyridine rings is 2. The Morgan fingerprint density at radius 1 is 0.913 bits per heavy atom. The van der Waals surface area contributed by atoms with Crippen molar-refractivity contribution in [3.63, 3.8) is 0 Å². The van der Waals surface area contributed by atoms with Crippen molar-refractivity contribution in [3.8, 4) is 0 Å². The molecule has 2 rings (SSSR count). The van der Waals surface area contributed by atoms with Gasteiger partial charge >= 0.3 is 0 Å². The van der Waals surface area contributed by atoms with Crippen LogP contribution in [-0.2, 0) is 10.8 Å². The molecular weight excluding hydrogens is 282 g/mol. The molecule has 0 aromatic carbocycles. The van der Waals surface area contributed by atoms with E-state index in [1.807, 2.05) is 24.5 Å². The van der Waals surface area contributed by atoms with Gasteiger partial charge < -0.3 is 4.90 Å². The lowest BCUT2D eigenvalue weighted by molar-refractivity contribution is 0.460. The minimum Gasteiger partial charge on any atom is -0.374 e. The molecule has 0 unspecified atom stereocenters. The summed E-state index contributed by atoms with van der Waals surface area (Å²) < 4.78 is 0. The van der Waals surface area contributed by atoms with Crippen LogP contribution >= 0.6 is 0 Å². The quantitative estimate of drug-likeness (QED) is 0.809. The van der Waals surface area contributed by atoms with Crippen molar-refractivity contribution in [3.05, 3.63) is 54.1 Å². The highest BCUT2D eigenvalue weighted by molar-refractivity contribution is 5.43. The molecule has 3 heteroatoms. The zero-order valence-corrected chi connectivity index (χ0v) is 15.3. The Morgan fingerprint density at radius 3 is 2.13 bits per heavy atom. The third-order valence-electron chi connectivity index (χ3n) is 4.39. The number of aromatic nitrogens is 2. The first-order valence-electron chi connectivity index (χ1n) is 8.29. The van der Waals surface area contributed by atoms with E-state index in [4.69, 9.17) is 4.98 Å². The first-order valence-corrected chi connectivity index (χ1v) is 8.29. The summed E-state index contributed by atoms with van der Waals surface area (Å²) in [7, 11) is 2.13. The van der Waals surface area contributed by atoms with E-state index in [-0.39, 0.29) is 10.8 Å². The molecule has 3 nitrogen and oxygen atoms in total. The number of rotatable bonds is 5. The van der Waals surface area contributed by atoms with Gasteiger partial charge in [-0.15, -0.1) is 0 Å². The number of hydrogen-bond donors (Lipinski definition) is 0. The smallest absolute Gasteiger partial charge is 0.0464 e. The summed E-state index contributed by atoms with van der Waals surface area (Å²) in [5, 5.41) is 0. The maximum absolute atomic E-state index is 4.94. The van der Waals surface area contributed by atoms with E-state index in [1.54, 1.807) is 0 Å². The van der Waals surface area contributed by atoms with Gasteiger partial charge in [-0.1, -0.05) is 40.7 Å². The van der Waals surface area contributed by atoms with E-state index in [2.05, 4.69) is 69.7 Å². The van der Waals surface area contributed by atoms with Crippen LogP contribution in [0.15, 0.2) is 42.7 Å². The Hall–Kier alpha value is -1.90. The van der Waals surface area contributed by atoms with Gasteiger partial charge in [0.2, 0.25) is 0 Å². The molecule has 0 spiro atoms. The van der Waals surface area contributed by atoms with E-state index in [0.29, 0.717) is 0 Å². The van der Waals surface area contributed by atoms with E-state index in [1.165, 1.54) is 11.4 Å². The Balaban J connectivity index is 2.10. The molecule has 23 heavy (non-hydrogen) atoms. The highest BCUT2D eigenvalue weighted by Gasteiger charge is 2.25. The Morgan fingerprint density at radius 2 is 1.52 bits per heavy atom. The van der Waals surface area contributed by atoms with Crippen molar-refractivity contribution in [1.29, 1.82) is 0 Å². The van der Waals surface area contributed by atoms with Crippen LogP contribution in [0.3, 0.4) is 0 Å². The van der Waals surface area contributed by atoms with Crippen molar-refractivity contribution in [2.24, 2.45) is 0 Å².